The standard InChI is InChI=1S/C14H20BrNO4S2/c1-11(2)9-16(13-7-8-21(17,18)10-13)22(19,20)14-5-3-12(15)4-6-14/h3-6,11,13H,7-10H2,1-2H3/t13-/m1/s1. The molecule has 2 rings (SSSR count). The molecule has 1 fully saturated rings. The molecule has 1 aliphatic heterocycles. The Hall–Kier alpha value is -0.440. The quantitative estimate of drug-likeness (QED) is 0.747. The maximum absolute atomic E-state index is 12.9. The summed E-state index contributed by atoms with van der Waals surface area (Å²) >= 11 is 3.28. The van der Waals surface area contributed by atoms with Gasteiger partial charge in [0.1, 0.15) is 0 Å². The zero-order chi connectivity index (χ0) is 16.5. The maximum atomic E-state index is 12.9. The summed E-state index contributed by atoms with van der Waals surface area (Å²) in [5, 5.41) is 0. The van der Waals surface area contributed by atoms with Crippen molar-refractivity contribution in [2.45, 2.75) is 31.2 Å². The fourth-order valence-electron chi connectivity index (χ4n) is 2.55. The van der Waals surface area contributed by atoms with E-state index in [1.54, 1.807) is 12.1 Å². The molecule has 0 radical (unpaired) electrons. The SMILES string of the molecule is CC(C)CN([C@@H]1CCS(=O)(=O)C1)S(=O)(=O)c1ccc(Br)cc1. The highest BCUT2D eigenvalue weighted by atomic mass is 79.9. The Morgan fingerprint density at radius 3 is 2.32 bits per heavy atom. The number of sulfonamides is 1. The van der Waals surface area contributed by atoms with Gasteiger partial charge in [0.2, 0.25) is 10.0 Å². The minimum Gasteiger partial charge on any atom is -0.229 e. The molecule has 0 spiro atoms. The number of rotatable bonds is 5. The van der Waals surface area contributed by atoms with Crippen LogP contribution in [0, 0.1) is 5.92 Å². The highest BCUT2D eigenvalue weighted by molar-refractivity contribution is 9.10. The fraction of sp³-hybridized carbons (Fsp3) is 0.571. The van der Waals surface area contributed by atoms with Gasteiger partial charge in [-0.05, 0) is 36.6 Å². The van der Waals surface area contributed by atoms with Crippen molar-refractivity contribution in [3.8, 4) is 0 Å². The number of nitrogens with zero attached hydrogens (tertiary/aromatic N) is 1. The van der Waals surface area contributed by atoms with E-state index in [1.807, 2.05) is 13.8 Å². The monoisotopic (exact) mass is 409 g/mol. The van der Waals surface area contributed by atoms with E-state index in [-0.39, 0.29) is 22.3 Å². The van der Waals surface area contributed by atoms with E-state index in [2.05, 4.69) is 15.9 Å². The van der Waals surface area contributed by atoms with Crippen LogP contribution in [0.5, 0.6) is 0 Å². The number of benzene rings is 1. The van der Waals surface area contributed by atoms with Crippen LogP contribution in [0.2, 0.25) is 0 Å². The summed E-state index contributed by atoms with van der Waals surface area (Å²) in [5.74, 6) is 0.0888. The molecular formula is C14H20BrNO4S2. The zero-order valence-electron chi connectivity index (χ0n) is 12.6. The van der Waals surface area contributed by atoms with E-state index >= 15 is 0 Å². The lowest BCUT2D eigenvalue weighted by Crippen LogP contribution is -2.43. The average molecular weight is 410 g/mol. The first-order chi connectivity index (χ1) is 10.1. The highest BCUT2D eigenvalue weighted by Gasteiger charge is 2.38. The lowest BCUT2D eigenvalue weighted by atomic mass is 10.2. The van der Waals surface area contributed by atoms with E-state index in [0.717, 1.165) is 4.47 Å². The summed E-state index contributed by atoms with van der Waals surface area (Å²) in [6, 6.07) is 5.95. The number of sulfone groups is 1. The molecule has 0 saturated carbocycles. The smallest absolute Gasteiger partial charge is 0.229 e. The predicted octanol–water partition coefficient (Wildman–Crippen LogP) is 2.28. The lowest BCUT2D eigenvalue weighted by Gasteiger charge is -2.29. The molecule has 0 aromatic heterocycles. The maximum Gasteiger partial charge on any atom is 0.243 e. The summed E-state index contributed by atoms with van der Waals surface area (Å²) in [7, 11) is -6.84. The van der Waals surface area contributed by atoms with Gasteiger partial charge in [0, 0.05) is 17.1 Å². The molecule has 1 aromatic carbocycles. The van der Waals surface area contributed by atoms with Crippen LogP contribution in [0.25, 0.3) is 0 Å². The first-order valence-electron chi connectivity index (χ1n) is 7.09. The van der Waals surface area contributed by atoms with E-state index in [1.165, 1.54) is 16.4 Å². The Kier molecular flexibility index (Phi) is 5.36. The van der Waals surface area contributed by atoms with Gasteiger partial charge in [-0.1, -0.05) is 29.8 Å². The van der Waals surface area contributed by atoms with Gasteiger partial charge in [-0.3, -0.25) is 0 Å². The van der Waals surface area contributed by atoms with Crippen molar-refractivity contribution in [3.63, 3.8) is 0 Å². The summed E-state index contributed by atoms with van der Waals surface area (Å²) in [4.78, 5) is 0.195. The first kappa shape index (κ1) is 17.9. The van der Waals surface area contributed by atoms with Crippen LogP contribution in [0.1, 0.15) is 20.3 Å². The zero-order valence-corrected chi connectivity index (χ0v) is 15.8. The highest BCUT2D eigenvalue weighted by Crippen LogP contribution is 2.26. The van der Waals surface area contributed by atoms with Crippen LogP contribution in [-0.4, -0.2) is 45.2 Å². The topological polar surface area (TPSA) is 71.5 Å². The van der Waals surface area contributed by atoms with Crippen molar-refractivity contribution < 1.29 is 16.8 Å². The van der Waals surface area contributed by atoms with Crippen LogP contribution >= 0.6 is 15.9 Å². The van der Waals surface area contributed by atoms with Gasteiger partial charge in [-0.25, -0.2) is 16.8 Å². The van der Waals surface area contributed by atoms with Crippen molar-refractivity contribution in [1.29, 1.82) is 0 Å². The van der Waals surface area contributed by atoms with Crippen LogP contribution in [0.4, 0.5) is 0 Å². The van der Waals surface area contributed by atoms with E-state index in [9.17, 15) is 16.8 Å². The average Bonchev–Trinajstić information content (AvgIpc) is 2.76. The Morgan fingerprint density at radius 1 is 1.27 bits per heavy atom. The fourth-order valence-corrected chi connectivity index (χ4v) is 6.45. The predicted molar refractivity (Wildman–Crippen MR) is 89.9 cm³/mol. The van der Waals surface area contributed by atoms with Gasteiger partial charge in [0.15, 0.2) is 9.84 Å². The van der Waals surface area contributed by atoms with Gasteiger partial charge in [-0.15, -0.1) is 0 Å². The van der Waals surface area contributed by atoms with E-state index < -0.39 is 25.9 Å². The van der Waals surface area contributed by atoms with Gasteiger partial charge in [-0.2, -0.15) is 4.31 Å². The molecule has 1 aromatic rings. The van der Waals surface area contributed by atoms with Crippen LogP contribution in [0.3, 0.4) is 0 Å². The molecule has 0 N–H and O–H groups in total. The van der Waals surface area contributed by atoms with Gasteiger partial charge < -0.3 is 0 Å². The van der Waals surface area contributed by atoms with Gasteiger partial charge in [0.05, 0.1) is 16.4 Å². The first-order valence-corrected chi connectivity index (χ1v) is 11.1. The third-order valence-electron chi connectivity index (χ3n) is 3.58. The number of hydrogen-bond acceptors (Lipinski definition) is 4. The third kappa shape index (κ3) is 4.10. The summed E-state index contributed by atoms with van der Waals surface area (Å²) in [6.45, 7) is 4.17. The summed E-state index contributed by atoms with van der Waals surface area (Å²) in [6.07, 6.45) is 0.366. The third-order valence-corrected chi connectivity index (χ3v) is 7.79. The van der Waals surface area contributed by atoms with E-state index in [0.29, 0.717) is 13.0 Å². The second-order valence-corrected chi connectivity index (χ2v) is 11.0. The van der Waals surface area contributed by atoms with Crippen molar-refractivity contribution in [1.82, 2.24) is 4.31 Å². The lowest BCUT2D eigenvalue weighted by molar-refractivity contribution is 0.308. The van der Waals surface area contributed by atoms with E-state index in [4.69, 9.17) is 0 Å². The molecule has 22 heavy (non-hydrogen) atoms. The van der Waals surface area contributed by atoms with Crippen LogP contribution < -0.4 is 0 Å². The van der Waals surface area contributed by atoms with Gasteiger partial charge in [0.25, 0.3) is 0 Å². The Labute approximate surface area is 140 Å². The normalized spacial score (nSPS) is 21.6. The second-order valence-electron chi connectivity index (χ2n) is 5.98. The largest absolute Gasteiger partial charge is 0.243 e. The molecule has 1 atom stereocenters. The molecular weight excluding hydrogens is 390 g/mol. The Balaban J connectivity index is 2.38. The molecule has 124 valence electrons. The van der Waals surface area contributed by atoms with Crippen LogP contribution in [-0.2, 0) is 19.9 Å². The Bertz CT molecular complexity index is 727. The van der Waals surface area contributed by atoms with Crippen molar-refractivity contribution in [3.05, 3.63) is 28.7 Å². The Morgan fingerprint density at radius 2 is 1.86 bits per heavy atom. The number of hydrogen-bond donors (Lipinski definition) is 0. The van der Waals surface area contributed by atoms with Crippen molar-refractivity contribution >= 4 is 35.8 Å². The molecule has 0 bridgehead atoms. The molecule has 5 nitrogen and oxygen atoms in total. The number of halogens is 1. The summed E-state index contributed by atoms with van der Waals surface area (Å²) in [5.41, 5.74) is 0. The van der Waals surface area contributed by atoms with Crippen molar-refractivity contribution in [2.75, 3.05) is 18.1 Å². The minimum atomic E-state index is -3.70. The molecule has 0 aliphatic carbocycles. The van der Waals surface area contributed by atoms with Gasteiger partial charge >= 0.3 is 0 Å². The van der Waals surface area contributed by atoms with Crippen molar-refractivity contribution in [2.24, 2.45) is 5.92 Å². The summed E-state index contributed by atoms with van der Waals surface area (Å²) < 4.78 is 51.4. The molecule has 1 saturated heterocycles. The molecule has 0 amide bonds. The minimum absolute atomic E-state index is 0.0577. The van der Waals surface area contributed by atoms with Crippen LogP contribution in [0.15, 0.2) is 33.6 Å². The molecule has 1 aliphatic rings. The molecule has 0 unspecified atom stereocenters. The molecule has 1 heterocycles. The molecule has 8 heteroatoms. The second kappa shape index (κ2) is 6.59.